The number of likely N-dealkylation sites (N-methyl/N-ethyl adjacent to an activating group) is 1. The van der Waals surface area contributed by atoms with Crippen molar-refractivity contribution >= 4 is 27.4 Å². The molecule has 146 valence electrons. The zero-order valence-electron chi connectivity index (χ0n) is 16.5. The van der Waals surface area contributed by atoms with Gasteiger partial charge in [-0.2, -0.15) is 0 Å². The number of nitrogens with one attached hydrogen (secondary N) is 1. The molecule has 3 heterocycles. The van der Waals surface area contributed by atoms with Gasteiger partial charge in [-0.05, 0) is 71.0 Å². The molecule has 1 saturated heterocycles. The smallest absolute Gasteiger partial charge is 0.138 e. The summed E-state index contributed by atoms with van der Waals surface area (Å²) in [6, 6.07) is 0. The number of hydrogen-bond acceptors (Lipinski definition) is 6. The van der Waals surface area contributed by atoms with E-state index in [1.807, 2.05) is 11.3 Å². The summed E-state index contributed by atoms with van der Waals surface area (Å²) in [6.45, 7) is 2.62. The molecule has 0 atom stereocenters. The molecule has 0 unspecified atom stereocenters. The van der Waals surface area contributed by atoms with Gasteiger partial charge in [0.05, 0.1) is 5.39 Å². The fraction of sp³-hybridized carbons (Fsp3) is 0.714. The third-order valence-corrected chi connectivity index (χ3v) is 7.92. The van der Waals surface area contributed by atoms with Crippen LogP contribution in [-0.4, -0.2) is 54.3 Å². The van der Waals surface area contributed by atoms with Crippen LogP contribution in [0.15, 0.2) is 0 Å². The van der Waals surface area contributed by atoms with E-state index in [-0.39, 0.29) is 5.54 Å². The number of thiophene rings is 1. The van der Waals surface area contributed by atoms with Gasteiger partial charge in [0.15, 0.2) is 0 Å². The molecule has 2 aliphatic carbocycles. The number of rotatable bonds is 5. The summed E-state index contributed by atoms with van der Waals surface area (Å²) in [7, 11) is 4.40. The minimum absolute atomic E-state index is 0.144. The molecule has 1 saturated carbocycles. The second kappa shape index (κ2) is 6.98. The molecule has 3 aliphatic rings. The largest absolute Gasteiger partial charge is 0.381 e. The number of anilines is 1. The summed E-state index contributed by atoms with van der Waals surface area (Å²) in [6.07, 6.45) is 9.63. The lowest BCUT2D eigenvalue weighted by atomic mass is 9.88. The lowest BCUT2D eigenvalue weighted by molar-refractivity contribution is -0.000653. The lowest BCUT2D eigenvalue weighted by Crippen LogP contribution is -2.53. The molecule has 1 aliphatic heterocycles. The Morgan fingerprint density at radius 2 is 1.93 bits per heavy atom. The van der Waals surface area contributed by atoms with Crippen molar-refractivity contribution in [3.8, 4) is 0 Å². The molecule has 0 spiro atoms. The van der Waals surface area contributed by atoms with Gasteiger partial charge in [-0.25, -0.2) is 9.97 Å². The maximum absolute atomic E-state index is 5.64. The molecule has 0 radical (unpaired) electrons. The molecule has 0 amide bonds. The Labute approximate surface area is 165 Å². The van der Waals surface area contributed by atoms with Crippen LogP contribution in [0.4, 0.5) is 5.82 Å². The first-order valence-corrected chi connectivity index (χ1v) is 11.3. The number of hydrogen-bond donors (Lipinski definition) is 1. The average molecular weight is 387 g/mol. The summed E-state index contributed by atoms with van der Waals surface area (Å²) >= 11 is 1.92. The normalized spacial score (nSPS) is 22.2. The topological polar surface area (TPSA) is 50.3 Å². The Balaban J connectivity index is 1.52. The SMILES string of the molecule is CN(C)C1(CNc2nc(C3CC3)nc3sc4c(c23)CCCC4)CCOCC1. The highest BCUT2D eigenvalue weighted by atomic mass is 32.1. The summed E-state index contributed by atoms with van der Waals surface area (Å²) in [5.74, 6) is 2.74. The fourth-order valence-corrected chi connectivity index (χ4v) is 5.88. The zero-order valence-corrected chi connectivity index (χ0v) is 17.3. The van der Waals surface area contributed by atoms with Crippen molar-refractivity contribution in [2.75, 3.05) is 39.2 Å². The highest BCUT2D eigenvalue weighted by molar-refractivity contribution is 7.19. The van der Waals surface area contributed by atoms with E-state index in [0.29, 0.717) is 5.92 Å². The molecule has 0 aromatic carbocycles. The van der Waals surface area contributed by atoms with Crippen molar-refractivity contribution < 1.29 is 4.74 Å². The Kier molecular flexibility index (Phi) is 4.61. The van der Waals surface area contributed by atoms with Crippen LogP contribution in [0.25, 0.3) is 10.2 Å². The van der Waals surface area contributed by atoms with E-state index < -0.39 is 0 Å². The first-order valence-electron chi connectivity index (χ1n) is 10.5. The molecule has 2 fully saturated rings. The standard InChI is InChI=1S/C21H30N4OS/c1-25(2)21(9-11-26-12-10-21)13-22-19-17-15-5-3-4-6-16(15)27-20(17)24-18(23-19)14-7-8-14/h14H,3-13H2,1-2H3,(H,22,23,24). The number of aromatic nitrogens is 2. The maximum Gasteiger partial charge on any atom is 0.138 e. The van der Waals surface area contributed by atoms with Gasteiger partial charge >= 0.3 is 0 Å². The van der Waals surface area contributed by atoms with Crippen LogP contribution in [-0.2, 0) is 17.6 Å². The fourth-order valence-electron chi connectivity index (χ4n) is 4.61. The predicted molar refractivity (Wildman–Crippen MR) is 111 cm³/mol. The van der Waals surface area contributed by atoms with E-state index in [4.69, 9.17) is 14.7 Å². The lowest BCUT2D eigenvalue weighted by Gasteiger charge is -2.43. The Morgan fingerprint density at radius 1 is 1.15 bits per heavy atom. The summed E-state index contributed by atoms with van der Waals surface area (Å²) < 4.78 is 5.64. The number of aryl methyl sites for hydroxylation is 2. The molecular formula is C21H30N4OS. The van der Waals surface area contributed by atoms with Crippen LogP contribution in [0.2, 0.25) is 0 Å². The molecule has 5 rings (SSSR count). The summed E-state index contributed by atoms with van der Waals surface area (Å²) in [5.41, 5.74) is 1.67. The van der Waals surface area contributed by atoms with Crippen molar-refractivity contribution in [1.82, 2.24) is 14.9 Å². The van der Waals surface area contributed by atoms with Gasteiger partial charge in [0.2, 0.25) is 0 Å². The average Bonchev–Trinajstić information content (AvgIpc) is 3.47. The third-order valence-electron chi connectivity index (χ3n) is 6.73. The van der Waals surface area contributed by atoms with E-state index in [9.17, 15) is 0 Å². The van der Waals surface area contributed by atoms with Crippen molar-refractivity contribution in [3.63, 3.8) is 0 Å². The first kappa shape index (κ1) is 17.8. The van der Waals surface area contributed by atoms with E-state index >= 15 is 0 Å². The second-order valence-electron chi connectivity index (χ2n) is 8.68. The molecule has 27 heavy (non-hydrogen) atoms. The Morgan fingerprint density at radius 3 is 2.67 bits per heavy atom. The zero-order chi connectivity index (χ0) is 18.4. The van der Waals surface area contributed by atoms with Gasteiger partial charge in [-0.15, -0.1) is 11.3 Å². The first-order chi connectivity index (χ1) is 13.2. The van der Waals surface area contributed by atoms with Crippen LogP contribution in [0.5, 0.6) is 0 Å². The van der Waals surface area contributed by atoms with E-state index in [1.54, 1.807) is 4.88 Å². The van der Waals surface area contributed by atoms with Crippen LogP contribution in [0.3, 0.4) is 0 Å². The van der Waals surface area contributed by atoms with Gasteiger partial charge in [0.1, 0.15) is 16.5 Å². The predicted octanol–water partition coefficient (Wildman–Crippen LogP) is 3.97. The minimum atomic E-state index is 0.144. The monoisotopic (exact) mass is 386 g/mol. The summed E-state index contributed by atoms with van der Waals surface area (Å²) in [4.78, 5) is 15.2. The maximum atomic E-state index is 5.64. The Hall–Kier alpha value is -1.24. The molecular weight excluding hydrogens is 356 g/mol. The summed E-state index contributed by atoms with van der Waals surface area (Å²) in [5, 5.41) is 5.12. The van der Waals surface area contributed by atoms with Crippen LogP contribution >= 0.6 is 11.3 Å². The van der Waals surface area contributed by atoms with Crippen molar-refractivity contribution in [2.24, 2.45) is 0 Å². The van der Waals surface area contributed by atoms with Crippen LogP contribution in [0.1, 0.15) is 60.7 Å². The van der Waals surface area contributed by atoms with E-state index in [2.05, 4.69) is 24.3 Å². The molecule has 2 aromatic rings. The quantitative estimate of drug-likeness (QED) is 0.843. The van der Waals surface area contributed by atoms with Crippen molar-refractivity contribution in [1.29, 1.82) is 0 Å². The number of nitrogens with zero attached hydrogens (tertiary/aromatic N) is 3. The van der Waals surface area contributed by atoms with Crippen molar-refractivity contribution in [3.05, 3.63) is 16.3 Å². The van der Waals surface area contributed by atoms with Crippen molar-refractivity contribution in [2.45, 2.75) is 62.8 Å². The van der Waals surface area contributed by atoms with Gasteiger partial charge < -0.3 is 15.0 Å². The molecule has 6 heteroatoms. The highest BCUT2D eigenvalue weighted by Crippen LogP contribution is 2.43. The third kappa shape index (κ3) is 3.26. The van der Waals surface area contributed by atoms with Gasteiger partial charge in [-0.3, -0.25) is 0 Å². The second-order valence-corrected chi connectivity index (χ2v) is 9.76. The molecule has 2 aromatic heterocycles. The van der Waals surface area contributed by atoms with Crippen LogP contribution in [0, 0.1) is 0 Å². The minimum Gasteiger partial charge on any atom is -0.381 e. The van der Waals surface area contributed by atoms with Gasteiger partial charge in [-0.1, -0.05) is 0 Å². The van der Waals surface area contributed by atoms with Gasteiger partial charge in [0, 0.05) is 36.1 Å². The van der Waals surface area contributed by atoms with Crippen LogP contribution < -0.4 is 5.32 Å². The van der Waals surface area contributed by atoms with E-state index in [0.717, 1.165) is 44.2 Å². The number of fused-ring (bicyclic) bond motifs is 3. The molecule has 5 nitrogen and oxygen atoms in total. The van der Waals surface area contributed by atoms with Gasteiger partial charge in [0.25, 0.3) is 0 Å². The highest BCUT2D eigenvalue weighted by Gasteiger charge is 2.35. The molecule has 0 bridgehead atoms. The Bertz CT molecular complexity index is 836. The van der Waals surface area contributed by atoms with E-state index in [1.165, 1.54) is 54.3 Å². The molecule has 1 N–H and O–H groups in total. The number of ether oxygens (including phenoxy) is 1.